The van der Waals surface area contributed by atoms with Crippen molar-refractivity contribution in [2.24, 2.45) is 0 Å². The maximum absolute atomic E-state index is 10.7. The van der Waals surface area contributed by atoms with Crippen molar-refractivity contribution < 1.29 is 14.6 Å². The molecule has 0 aliphatic rings. The zero-order valence-electron chi connectivity index (χ0n) is 11.7. The number of benzene rings is 1. The Labute approximate surface area is 131 Å². The van der Waals surface area contributed by atoms with Gasteiger partial charge in [0.05, 0.1) is 17.9 Å². The van der Waals surface area contributed by atoms with Crippen molar-refractivity contribution in [1.82, 2.24) is 9.55 Å². The Kier molecular flexibility index (Phi) is 5.14. The molecule has 0 radical (unpaired) electrons. The highest BCUT2D eigenvalue weighted by Gasteiger charge is 2.14. The lowest BCUT2D eigenvalue weighted by Crippen LogP contribution is -2.04. The first-order valence-electron chi connectivity index (χ1n) is 6.32. The number of methoxy groups -OCH3 is 1. The third-order valence-corrected chi connectivity index (χ3v) is 4.12. The first kappa shape index (κ1) is 15.7. The Bertz CT molecular complexity index is 658. The number of rotatable bonds is 6. The van der Waals surface area contributed by atoms with Gasteiger partial charge < -0.3 is 9.84 Å². The fourth-order valence-corrected chi connectivity index (χ4v) is 2.90. The molecule has 1 aromatic heterocycles. The molecule has 0 aliphatic carbocycles. The summed E-state index contributed by atoms with van der Waals surface area (Å²) in [6, 6.07) is 5.44. The molecule has 0 atom stereocenters. The number of nitrogens with zero attached hydrogens (tertiary/aromatic N) is 2. The summed E-state index contributed by atoms with van der Waals surface area (Å²) in [7, 11) is 1.56. The van der Waals surface area contributed by atoms with E-state index in [9.17, 15) is 4.79 Å². The number of carbonyl (C=O) groups is 1. The predicted molar refractivity (Wildman–Crippen MR) is 82.9 cm³/mol. The normalized spacial score (nSPS) is 10.6. The molecule has 0 saturated carbocycles. The van der Waals surface area contributed by atoms with E-state index in [4.69, 9.17) is 21.4 Å². The molecule has 5 nitrogen and oxygen atoms in total. The summed E-state index contributed by atoms with van der Waals surface area (Å²) in [4.78, 5) is 15.0. The van der Waals surface area contributed by atoms with Gasteiger partial charge in [0.15, 0.2) is 5.16 Å². The summed E-state index contributed by atoms with van der Waals surface area (Å²) >= 11 is 7.34. The van der Waals surface area contributed by atoms with E-state index in [0.29, 0.717) is 15.9 Å². The summed E-state index contributed by atoms with van der Waals surface area (Å²) in [6.07, 6.45) is 2.53. The lowest BCUT2D eigenvalue weighted by Gasteiger charge is -2.12. The van der Waals surface area contributed by atoms with Crippen molar-refractivity contribution in [2.75, 3.05) is 12.9 Å². The van der Waals surface area contributed by atoms with Gasteiger partial charge in [0.2, 0.25) is 0 Å². The predicted octanol–water partition coefficient (Wildman–Crippen LogP) is 3.27. The van der Waals surface area contributed by atoms with Gasteiger partial charge in [0.25, 0.3) is 0 Å². The number of aromatic nitrogens is 2. The number of imidazole rings is 1. The van der Waals surface area contributed by atoms with Crippen molar-refractivity contribution in [2.45, 2.75) is 18.5 Å². The Morgan fingerprint density at radius 2 is 2.29 bits per heavy atom. The number of carboxylic acids is 1. The second kappa shape index (κ2) is 6.87. The van der Waals surface area contributed by atoms with Crippen LogP contribution in [-0.4, -0.2) is 33.5 Å². The van der Waals surface area contributed by atoms with E-state index in [1.165, 1.54) is 11.8 Å². The Morgan fingerprint density at radius 3 is 2.86 bits per heavy atom. The molecular formula is C14H15ClN2O3S. The molecule has 0 aliphatic heterocycles. The quantitative estimate of drug-likeness (QED) is 0.825. The number of aliphatic carboxylic acids is 1. The van der Waals surface area contributed by atoms with Gasteiger partial charge in [-0.25, -0.2) is 4.98 Å². The van der Waals surface area contributed by atoms with Gasteiger partial charge in [-0.15, -0.1) is 0 Å². The first-order chi connectivity index (χ1) is 10.1. The largest absolute Gasteiger partial charge is 0.495 e. The summed E-state index contributed by atoms with van der Waals surface area (Å²) in [6.45, 7) is 2.02. The molecule has 1 N–H and O–H groups in total. The average molecular weight is 327 g/mol. The minimum atomic E-state index is -0.875. The molecule has 2 rings (SSSR count). The fourth-order valence-electron chi connectivity index (χ4n) is 1.92. The Balaban J connectivity index is 2.43. The topological polar surface area (TPSA) is 64.3 Å². The number of hydrogen-bond donors (Lipinski definition) is 1. The minimum Gasteiger partial charge on any atom is -0.495 e. The average Bonchev–Trinajstić information content (AvgIpc) is 2.87. The molecule has 0 bridgehead atoms. The van der Waals surface area contributed by atoms with E-state index < -0.39 is 5.97 Å². The molecule has 0 saturated heterocycles. The number of hydrogen-bond acceptors (Lipinski definition) is 4. The standard InChI is InChI=1S/C14H15ClN2O3S/c1-3-9-7-16-14(21-8-13(18)19)17(9)10-4-5-12(20-2)11(15)6-10/h4-7H,3,8H2,1-2H3,(H,18,19). The minimum absolute atomic E-state index is 0.0376. The molecule has 0 unspecified atom stereocenters. The molecule has 112 valence electrons. The third-order valence-electron chi connectivity index (χ3n) is 2.88. The Hall–Kier alpha value is -1.66. The van der Waals surface area contributed by atoms with Crippen LogP contribution < -0.4 is 4.74 Å². The highest BCUT2D eigenvalue weighted by atomic mass is 35.5. The molecule has 1 aromatic carbocycles. The molecule has 1 heterocycles. The lowest BCUT2D eigenvalue weighted by molar-refractivity contribution is -0.133. The van der Waals surface area contributed by atoms with E-state index >= 15 is 0 Å². The summed E-state index contributed by atoms with van der Waals surface area (Å²) < 4.78 is 7.06. The number of halogens is 1. The Morgan fingerprint density at radius 1 is 1.52 bits per heavy atom. The van der Waals surface area contributed by atoms with Gasteiger partial charge in [0.1, 0.15) is 5.75 Å². The fraction of sp³-hybridized carbons (Fsp3) is 0.286. The van der Waals surface area contributed by atoms with Gasteiger partial charge in [0, 0.05) is 17.6 Å². The lowest BCUT2D eigenvalue weighted by atomic mass is 10.2. The van der Waals surface area contributed by atoms with Crippen molar-refractivity contribution in [3.63, 3.8) is 0 Å². The van der Waals surface area contributed by atoms with E-state index in [0.717, 1.165) is 17.8 Å². The van der Waals surface area contributed by atoms with E-state index in [-0.39, 0.29) is 5.75 Å². The number of carboxylic acid groups (broad SMARTS) is 1. The molecule has 0 amide bonds. The monoisotopic (exact) mass is 326 g/mol. The van der Waals surface area contributed by atoms with E-state index in [1.807, 2.05) is 17.6 Å². The van der Waals surface area contributed by atoms with Crippen molar-refractivity contribution in [1.29, 1.82) is 0 Å². The van der Waals surface area contributed by atoms with Crippen LogP contribution in [0.3, 0.4) is 0 Å². The van der Waals surface area contributed by atoms with Crippen LogP contribution in [0.5, 0.6) is 5.75 Å². The van der Waals surface area contributed by atoms with Crippen LogP contribution in [0, 0.1) is 0 Å². The van der Waals surface area contributed by atoms with E-state index in [2.05, 4.69) is 4.98 Å². The number of thioether (sulfide) groups is 1. The van der Waals surface area contributed by atoms with Crippen LogP contribution >= 0.6 is 23.4 Å². The van der Waals surface area contributed by atoms with Crippen molar-refractivity contribution in [3.05, 3.63) is 35.1 Å². The molecule has 0 spiro atoms. The number of ether oxygens (including phenoxy) is 1. The van der Waals surface area contributed by atoms with Crippen LogP contribution in [-0.2, 0) is 11.2 Å². The molecule has 0 fully saturated rings. The highest BCUT2D eigenvalue weighted by molar-refractivity contribution is 7.99. The molecule has 21 heavy (non-hydrogen) atoms. The van der Waals surface area contributed by atoms with Crippen LogP contribution in [0.1, 0.15) is 12.6 Å². The van der Waals surface area contributed by atoms with Crippen LogP contribution in [0.4, 0.5) is 0 Å². The first-order valence-corrected chi connectivity index (χ1v) is 7.68. The van der Waals surface area contributed by atoms with Crippen LogP contribution in [0.15, 0.2) is 29.6 Å². The third kappa shape index (κ3) is 3.51. The van der Waals surface area contributed by atoms with Gasteiger partial charge >= 0.3 is 5.97 Å². The second-order valence-corrected chi connectivity index (χ2v) is 5.57. The molecule has 7 heteroatoms. The maximum atomic E-state index is 10.7. The van der Waals surface area contributed by atoms with Gasteiger partial charge in [-0.05, 0) is 24.6 Å². The maximum Gasteiger partial charge on any atom is 0.313 e. The van der Waals surface area contributed by atoms with Gasteiger partial charge in [-0.1, -0.05) is 30.3 Å². The summed E-state index contributed by atoms with van der Waals surface area (Å²) in [5, 5.41) is 9.95. The zero-order chi connectivity index (χ0) is 15.4. The summed E-state index contributed by atoms with van der Waals surface area (Å²) in [5.41, 5.74) is 1.83. The molecule has 2 aromatic rings. The van der Waals surface area contributed by atoms with Gasteiger partial charge in [-0.3, -0.25) is 9.36 Å². The summed E-state index contributed by atoms with van der Waals surface area (Å²) in [5.74, 6) is -0.317. The van der Waals surface area contributed by atoms with Crippen LogP contribution in [0.2, 0.25) is 5.02 Å². The number of aryl methyl sites for hydroxylation is 1. The highest BCUT2D eigenvalue weighted by Crippen LogP contribution is 2.30. The van der Waals surface area contributed by atoms with Crippen molar-refractivity contribution in [3.8, 4) is 11.4 Å². The van der Waals surface area contributed by atoms with Crippen molar-refractivity contribution >= 4 is 29.3 Å². The SMILES string of the molecule is CCc1cnc(SCC(=O)O)n1-c1ccc(OC)c(Cl)c1. The van der Waals surface area contributed by atoms with E-state index in [1.54, 1.807) is 25.4 Å². The van der Waals surface area contributed by atoms with Gasteiger partial charge in [-0.2, -0.15) is 0 Å². The molecular weight excluding hydrogens is 312 g/mol. The second-order valence-electron chi connectivity index (χ2n) is 4.22. The zero-order valence-corrected chi connectivity index (χ0v) is 13.2. The van der Waals surface area contributed by atoms with Crippen LogP contribution in [0.25, 0.3) is 5.69 Å². The smallest absolute Gasteiger partial charge is 0.313 e.